The number of carbonyl (C=O) groups excluding carboxylic acids is 1. The van der Waals surface area contributed by atoms with E-state index in [1.54, 1.807) is 0 Å². The number of carboxylic acids is 1. The molecular formula is C11H12FLiN2O2. The van der Waals surface area contributed by atoms with Gasteiger partial charge in [0.1, 0.15) is 0 Å². The predicted molar refractivity (Wildman–Crippen MR) is 54.2 cm³/mol. The molecule has 1 aliphatic rings. The molecule has 1 fully saturated rings. The van der Waals surface area contributed by atoms with E-state index < -0.39 is 17.8 Å². The molecule has 1 saturated heterocycles. The van der Waals surface area contributed by atoms with Gasteiger partial charge in [-0.2, -0.15) is 0 Å². The Bertz CT molecular complexity index is 403. The van der Waals surface area contributed by atoms with Gasteiger partial charge in [-0.1, -0.05) is 0 Å². The van der Waals surface area contributed by atoms with E-state index in [9.17, 15) is 14.3 Å². The first-order valence-electron chi connectivity index (χ1n) is 5.28. The molecule has 2 rings (SSSR count). The number of pyridine rings is 1. The molecule has 1 unspecified atom stereocenters. The van der Waals surface area contributed by atoms with Crippen LogP contribution in [0.15, 0.2) is 18.3 Å². The molecule has 86 valence electrons. The van der Waals surface area contributed by atoms with Crippen molar-refractivity contribution in [3.05, 3.63) is 24.1 Å². The van der Waals surface area contributed by atoms with Crippen LogP contribution in [0.5, 0.6) is 0 Å². The molecule has 0 N–H and O–H groups in total. The van der Waals surface area contributed by atoms with Gasteiger partial charge >= 0.3 is 18.9 Å². The summed E-state index contributed by atoms with van der Waals surface area (Å²) in [6, 6.07) is 2.00. The second-order valence-electron chi connectivity index (χ2n) is 3.83. The van der Waals surface area contributed by atoms with Crippen LogP contribution in [0.1, 0.15) is 19.3 Å². The van der Waals surface area contributed by atoms with E-state index >= 15 is 0 Å². The molecule has 1 aromatic rings. The SMILES string of the molecule is O=C([O-])C1CCCCN1c1ncccc1F.[Li+]. The normalized spacial score (nSPS) is 19.6. The summed E-state index contributed by atoms with van der Waals surface area (Å²) < 4.78 is 13.5. The molecule has 1 aliphatic heterocycles. The van der Waals surface area contributed by atoms with Gasteiger partial charge in [-0.25, -0.2) is 9.37 Å². The largest absolute Gasteiger partial charge is 1.00 e. The van der Waals surface area contributed by atoms with Crippen molar-refractivity contribution in [3.63, 3.8) is 0 Å². The van der Waals surface area contributed by atoms with Crippen LogP contribution in [0.3, 0.4) is 0 Å². The van der Waals surface area contributed by atoms with E-state index in [4.69, 9.17) is 0 Å². The molecule has 0 spiro atoms. The number of carbonyl (C=O) groups is 1. The summed E-state index contributed by atoms with van der Waals surface area (Å²) in [5.74, 6) is -1.54. The Balaban J connectivity index is 0.00000144. The number of aliphatic carboxylic acids is 1. The van der Waals surface area contributed by atoms with Crippen LogP contribution in [0.2, 0.25) is 0 Å². The van der Waals surface area contributed by atoms with Crippen LogP contribution >= 0.6 is 0 Å². The number of nitrogens with zero attached hydrogens (tertiary/aromatic N) is 2. The van der Waals surface area contributed by atoms with Gasteiger partial charge in [-0.3, -0.25) is 0 Å². The first-order chi connectivity index (χ1) is 7.70. The molecule has 4 nitrogen and oxygen atoms in total. The van der Waals surface area contributed by atoms with E-state index in [0.29, 0.717) is 13.0 Å². The maximum absolute atomic E-state index is 13.5. The zero-order valence-electron chi connectivity index (χ0n) is 9.73. The quantitative estimate of drug-likeness (QED) is 0.520. The van der Waals surface area contributed by atoms with Crippen molar-refractivity contribution in [1.82, 2.24) is 4.98 Å². The maximum Gasteiger partial charge on any atom is 1.00 e. The molecule has 1 aromatic heterocycles. The van der Waals surface area contributed by atoms with Crippen LogP contribution < -0.4 is 28.9 Å². The molecule has 0 saturated carbocycles. The third-order valence-electron chi connectivity index (χ3n) is 2.79. The number of piperidine rings is 1. The third-order valence-corrected chi connectivity index (χ3v) is 2.79. The predicted octanol–water partition coefficient (Wildman–Crippen LogP) is -2.67. The zero-order valence-corrected chi connectivity index (χ0v) is 9.73. The van der Waals surface area contributed by atoms with E-state index in [0.717, 1.165) is 12.8 Å². The van der Waals surface area contributed by atoms with Crippen LogP contribution in [0.25, 0.3) is 0 Å². The minimum Gasteiger partial charge on any atom is -0.548 e. The first-order valence-corrected chi connectivity index (χ1v) is 5.28. The second kappa shape index (κ2) is 6.04. The topological polar surface area (TPSA) is 56.3 Å². The molecule has 17 heavy (non-hydrogen) atoms. The van der Waals surface area contributed by atoms with Crippen molar-refractivity contribution < 1.29 is 33.2 Å². The second-order valence-corrected chi connectivity index (χ2v) is 3.83. The van der Waals surface area contributed by atoms with Crippen molar-refractivity contribution in [2.75, 3.05) is 11.4 Å². The van der Waals surface area contributed by atoms with Crippen LogP contribution in [-0.4, -0.2) is 23.5 Å². The molecule has 0 radical (unpaired) electrons. The Hall–Kier alpha value is -1.05. The van der Waals surface area contributed by atoms with Crippen molar-refractivity contribution in [1.29, 1.82) is 0 Å². The van der Waals surface area contributed by atoms with Gasteiger partial charge < -0.3 is 14.8 Å². The number of anilines is 1. The number of aromatic nitrogens is 1. The van der Waals surface area contributed by atoms with Crippen molar-refractivity contribution >= 4 is 11.8 Å². The summed E-state index contributed by atoms with van der Waals surface area (Å²) in [7, 11) is 0. The van der Waals surface area contributed by atoms with Crippen LogP contribution in [0, 0.1) is 5.82 Å². The summed E-state index contributed by atoms with van der Waals surface area (Å²) in [5.41, 5.74) is 0. The summed E-state index contributed by atoms with van der Waals surface area (Å²) >= 11 is 0. The van der Waals surface area contributed by atoms with E-state index in [1.807, 2.05) is 0 Å². The number of hydrogen-bond donors (Lipinski definition) is 0. The number of hydrogen-bond acceptors (Lipinski definition) is 4. The molecule has 0 aromatic carbocycles. The third kappa shape index (κ3) is 2.99. The summed E-state index contributed by atoms with van der Waals surface area (Å²) in [6.07, 6.45) is 3.61. The fourth-order valence-electron chi connectivity index (χ4n) is 2.02. The van der Waals surface area contributed by atoms with Crippen molar-refractivity contribution in [3.8, 4) is 0 Å². The van der Waals surface area contributed by atoms with Crippen LogP contribution in [-0.2, 0) is 4.79 Å². The first kappa shape index (κ1) is 14.0. The zero-order chi connectivity index (χ0) is 11.5. The summed E-state index contributed by atoms with van der Waals surface area (Å²) in [6.45, 7) is 0.507. The van der Waals surface area contributed by atoms with Crippen molar-refractivity contribution in [2.24, 2.45) is 0 Å². The number of halogens is 1. The molecule has 0 aliphatic carbocycles. The van der Waals surface area contributed by atoms with Gasteiger partial charge in [0.05, 0.1) is 12.0 Å². The molecule has 6 heteroatoms. The average Bonchev–Trinajstić information content (AvgIpc) is 2.29. The molecular weight excluding hydrogens is 218 g/mol. The summed E-state index contributed by atoms with van der Waals surface area (Å²) in [4.78, 5) is 16.3. The number of rotatable bonds is 2. The maximum atomic E-state index is 13.5. The van der Waals surface area contributed by atoms with E-state index in [1.165, 1.54) is 23.2 Å². The van der Waals surface area contributed by atoms with Gasteiger partial charge in [0.2, 0.25) is 0 Å². The fraction of sp³-hybridized carbons (Fsp3) is 0.455. The van der Waals surface area contributed by atoms with Gasteiger partial charge in [-0.15, -0.1) is 0 Å². The Kier molecular flexibility index (Phi) is 4.97. The molecule has 1 atom stereocenters. The Morgan fingerprint density at radius 3 is 2.94 bits per heavy atom. The van der Waals surface area contributed by atoms with Gasteiger partial charge in [0.15, 0.2) is 11.6 Å². The van der Waals surface area contributed by atoms with Gasteiger partial charge in [0.25, 0.3) is 0 Å². The minimum atomic E-state index is -1.16. The van der Waals surface area contributed by atoms with Gasteiger partial charge in [0, 0.05) is 12.7 Å². The Morgan fingerprint density at radius 2 is 2.29 bits per heavy atom. The molecule has 0 amide bonds. The number of carboxylic acid groups (broad SMARTS) is 1. The average molecular weight is 230 g/mol. The standard InChI is InChI=1S/C11H13FN2O2.Li/c12-8-4-3-6-13-10(8)14-7-2-1-5-9(14)11(15)16;/h3-4,6,9H,1-2,5,7H2,(H,15,16);/q;+1/p-1. The minimum absolute atomic E-state index is 0. The summed E-state index contributed by atoms with van der Waals surface area (Å²) in [5, 5.41) is 10.9. The Morgan fingerprint density at radius 1 is 1.53 bits per heavy atom. The smallest absolute Gasteiger partial charge is 0.548 e. The van der Waals surface area contributed by atoms with Crippen LogP contribution in [0.4, 0.5) is 10.2 Å². The Labute approximate surface area is 111 Å². The van der Waals surface area contributed by atoms with E-state index in [2.05, 4.69) is 4.98 Å². The molecule has 0 bridgehead atoms. The van der Waals surface area contributed by atoms with Crippen molar-refractivity contribution in [2.45, 2.75) is 25.3 Å². The fourth-order valence-corrected chi connectivity index (χ4v) is 2.02. The monoisotopic (exact) mass is 230 g/mol. The van der Waals surface area contributed by atoms with E-state index in [-0.39, 0.29) is 24.7 Å². The van der Waals surface area contributed by atoms with Gasteiger partial charge in [-0.05, 0) is 31.4 Å². The molecule has 2 heterocycles.